The molecule has 0 spiro atoms. The van der Waals surface area contributed by atoms with Crippen molar-refractivity contribution in [3.05, 3.63) is 53.9 Å². The summed E-state index contributed by atoms with van der Waals surface area (Å²) >= 11 is 0. The van der Waals surface area contributed by atoms with Crippen LogP contribution in [0.3, 0.4) is 0 Å². The molecule has 0 unspecified atom stereocenters. The Hall–Kier alpha value is -2.69. The molecule has 22 heavy (non-hydrogen) atoms. The first-order valence-corrected chi connectivity index (χ1v) is 7.11. The Kier molecular flexibility index (Phi) is 3.41. The van der Waals surface area contributed by atoms with Crippen molar-refractivity contribution in [1.82, 2.24) is 4.98 Å². The van der Waals surface area contributed by atoms with Crippen molar-refractivity contribution < 1.29 is 9.59 Å². The van der Waals surface area contributed by atoms with Crippen LogP contribution in [0, 0.1) is 0 Å². The average Bonchev–Trinajstić information content (AvgIpc) is 2.48. The third-order valence-electron chi connectivity index (χ3n) is 3.83. The fraction of sp³-hybridized carbons (Fsp3) is 0.235. The van der Waals surface area contributed by atoms with Gasteiger partial charge < -0.3 is 10.6 Å². The normalized spacial score (nSPS) is 15.6. The summed E-state index contributed by atoms with van der Waals surface area (Å²) in [6, 6.07) is 8.87. The fourth-order valence-corrected chi connectivity index (χ4v) is 2.69. The summed E-state index contributed by atoms with van der Waals surface area (Å²) in [4.78, 5) is 27.8. The molecule has 1 aromatic heterocycles. The second-order valence-corrected chi connectivity index (χ2v) is 6.06. The maximum atomic E-state index is 12.2. The molecule has 3 rings (SSSR count). The molecule has 0 atom stereocenters. The van der Waals surface area contributed by atoms with Crippen LogP contribution < -0.4 is 10.6 Å². The third-order valence-corrected chi connectivity index (χ3v) is 3.83. The van der Waals surface area contributed by atoms with E-state index in [-0.39, 0.29) is 17.2 Å². The number of amides is 2. The minimum Gasteiger partial charge on any atom is -0.326 e. The number of rotatable bonds is 2. The molecular weight excluding hydrogens is 278 g/mol. The lowest BCUT2D eigenvalue weighted by Crippen LogP contribution is -2.32. The van der Waals surface area contributed by atoms with Gasteiger partial charge in [-0.1, -0.05) is 13.8 Å². The van der Waals surface area contributed by atoms with Gasteiger partial charge in [-0.2, -0.15) is 0 Å². The molecule has 2 aromatic rings. The topological polar surface area (TPSA) is 71.1 Å². The molecule has 2 heterocycles. The van der Waals surface area contributed by atoms with E-state index in [1.807, 2.05) is 26.0 Å². The van der Waals surface area contributed by atoms with Crippen LogP contribution in [-0.2, 0) is 10.2 Å². The number of anilines is 2. The number of hydrogen-bond acceptors (Lipinski definition) is 3. The van der Waals surface area contributed by atoms with Crippen LogP contribution in [0.4, 0.5) is 11.4 Å². The zero-order chi connectivity index (χ0) is 15.7. The van der Waals surface area contributed by atoms with Gasteiger partial charge in [0.25, 0.3) is 5.91 Å². The van der Waals surface area contributed by atoms with Crippen molar-refractivity contribution in [3.8, 4) is 0 Å². The van der Waals surface area contributed by atoms with Gasteiger partial charge in [0.05, 0.1) is 0 Å². The van der Waals surface area contributed by atoms with Gasteiger partial charge in [-0.05, 0) is 35.9 Å². The molecule has 2 N–H and O–H groups in total. The van der Waals surface area contributed by atoms with Crippen LogP contribution >= 0.6 is 0 Å². The Morgan fingerprint density at radius 1 is 1.23 bits per heavy atom. The number of hydrogen-bond donors (Lipinski definition) is 2. The maximum absolute atomic E-state index is 12.2. The highest BCUT2D eigenvalue weighted by Crippen LogP contribution is 2.38. The predicted molar refractivity (Wildman–Crippen MR) is 84.9 cm³/mol. The Labute approximate surface area is 128 Å². The summed E-state index contributed by atoms with van der Waals surface area (Å²) in [5.41, 5.74) is 2.85. The Balaban J connectivity index is 1.88. The molecule has 1 aliphatic heterocycles. The molecule has 1 aliphatic rings. The molecule has 5 nitrogen and oxygen atoms in total. The molecular formula is C17H17N3O2. The van der Waals surface area contributed by atoms with E-state index in [9.17, 15) is 9.59 Å². The molecule has 0 aliphatic carbocycles. The van der Waals surface area contributed by atoms with E-state index in [0.717, 1.165) is 11.3 Å². The van der Waals surface area contributed by atoms with E-state index in [2.05, 4.69) is 15.6 Å². The van der Waals surface area contributed by atoms with Gasteiger partial charge in [0.1, 0.15) is 0 Å². The molecule has 112 valence electrons. The first-order chi connectivity index (χ1) is 10.5. The van der Waals surface area contributed by atoms with Crippen LogP contribution in [0.5, 0.6) is 0 Å². The van der Waals surface area contributed by atoms with Crippen molar-refractivity contribution in [2.75, 3.05) is 10.6 Å². The molecule has 2 amide bonds. The van der Waals surface area contributed by atoms with Crippen LogP contribution in [-0.4, -0.2) is 16.8 Å². The lowest BCUT2D eigenvalue weighted by Gasteiger charge is -2.32. The molecule has 0 saturated carbocycles. The Morgan fingerprint density at radius 3 is 2.68 bits per heavy atom. The first kappa shape index (κ1) is 14.3. The van der Waals surface area contributed by atoms with Gasteiger partial charge in [-0.25, -0.2) is 0 Å². The van der Waals surface area contributed by atoms with Crippen molar-refractivity contribution in [1.29, 1.82) is 0 Å². The minimum absolute atomic E-state index is 0.0195. The summed E-state index contributed by atoms with van der Waals surface area (Å²) < 4.78 is 0. The fourth-order valence-electron chi connectivity index (χ4n) is 2.69. The first-order valence-electron chi connectivity index (χ1n) is 7.11. The number of nitrogens with zero attached hydrogens (tertiary/aromatic N) is 1. The summed E-state index contributed by atoms with van der Waals surface area (Å²) in [6.07, 6.45) is 3.60. The Morgan fingerprint density at radius 2 is 1.95 bits per heavy atom. The zero-order valence-electron chi connectivity index (χ0n) is 12.5. The Bertz CT molecular complexity index is 739. The molecule has 0 bridgehead atoms. The van der Waals surface area contributed by atoms with Crippen LogP contribution in [0.25, 0.3) is 0 Å². The van der Waals surface area contributed by atoms with Gasteiger partial charge in [0.15, 0.2) is 0 Å². The second-order valence-electron chi connectivity index (χ2n) is 6.06. The van der Waals surface area contributed by atoms with Gasteiger partial charge in [-0.15, -0.1) is 0 Å². The third kappa shape index (κ3) is 2.70. The predicted octanol–water partition coefficient (Wildman–Crippen LogP) is 2.95. The van der Waals surface area contributed by atoms with Crippen molar-refractivity contribution in [2.24, 2.45) is 0 Å². The number of fused-ring (bicyclic) bond motifs is 1. The summed E-state index contributed by atoms with van der Waals surface area (Å²) in [5.74, 6) is -0.161. The van der Waals surface area contributed by atoms with Crippen molar-refractivity contribution in [2.45, 2.75) is 25.7 Å². The van der Waals surface area contributed by atoms with Gasteiger partial charge in [0, 0.05) is 41.2 Å². The number of aromatic nitrogens is 1. The van der Waals surface area contributed by atoms with Crippen molar-refractivity contribution >= 4 is 23.2 Å². The molecule has 0 radical (unpaired) electrons. The van der Waals surface area contributed by atoms with Crippen molar-refractivity contribution in [3.63, 3.8) is 0 Å². The van der Waals surface area contributed by atoms with E-state index in [1.54, 1.807) is 30.6 Å². The van der Waals surface area contributed by atoms with Gasteiger partial charge >= 0.3 is 0 Å². The maximum Gasteiger partial charge on any atom is 0.255 e. The van der Waals surface area contributed by atoms with E-state index >= 15 is 0 Å². The summed E-state index contributed by atoms with van der Waals surface area (Å²) in [7, 11) is 0. The SMILES string of the molecule is CC1(C)CC(=O)Nc2ccc(NC(=O)c3ccncc3)cc21. The smallest absolute Gasteiger partial charge is 0.255 e. The van der Waals surface area contributed by atoms with Crippen LogP contribution in [0.1, 0.15) is 36.2 Å². The van der Waals surface area contributed by atoms with Gasteiger partial charge in [-0.3, -0.25) is 14.6 Å². The molecule has 0 saturated heterocycles. The van der Waals surface area contributed by atoms with Crippen LogP contribution in [0.15, 0.2) is 42.7 Å². The number of carbonyl (C=O) groups is 2. The highest BCUT2D eigenvalue weighted by atomic mass is 16.2. The number of nitrogens with one attached hydrogen (secondary N) is 2. The highest BCUT2D eigenvalue weighted by molar-refractivity contribution is 6.04. The molecule has 1 aromatic carbocycles. The standard InChI is InChI=1S/C17H17N3O2/c1-17(2)10-15(21)20-14-4-3-12(9-13(14)17)19-16(22)11-5-7-18-8-6-11/h3-9H,10H2,1-2H3,(H,19,22)(H,20,21). The lowest BCUT2D eigenvalue weighted by atomic mass is 9.78. The monoisotopic (exact) mass is 295 g/mol. The second kappa shape index (κ2) is 5.26. The minimum atomic E-state index is -0.255. The number of pyridine rings is 1. The van der Waals surface area contributed by atoms with E-state index in [4.69, 9.17) is 0 Å². The van der Waals surface area contributed by atoms with E-state index in [1.165, 1.54) is 0 Å². The molecule has 5 heteroatoms. The highest BCUT2D eigenvalue weighted by Gasteiger charge is 2.32. The number of carbonyl (C=O) groups excluding carboxylic acids is 2. The summed E-state index contributed by atoms with van der Waals surface area (Å²) in [6.45, 7) is 4.05. The lowest BCUT2D eigenvalue weighted by molar-refractivity contribution is -0.117. The van der Waals surface area contributed by atoms with E-state index in [0.29, 0.717) is 17.7 Å². The summed E-state index contributed by atoms with van der Waals surface area (Å²) in [5, 5.41) is 5.75. The van der Waals surface area contributed by atoms with Gasteiger partial charge in [0.2, 0.25) is 5.91 Å². The van der Waals surface area contributed by atoms with E-state index < -0.39 is 0 Å². The average molecular weight is 295 g/mol. The molecule has 0 fully saturated rings. The quantitative estimate of drug-likeness (QED) is 0.894. The van der Waals surface area contributed by atoms with Crippen LogP contribution in [0.2, 0.25) is 0 Å². The largest absolute Gasteiger partial charge is 0.326 e. The number of benzene rings is 1. The zero-order valence-corrected chi connectivity index (χ0v) is 12.5.